The van der Waals surface area contributed by atoms with Gasteiger partial charge in [-0.1, -0.05) is 36.2 Å². The molecule has 1 aliphatic carbocycles. The molecule has 2 aromatic carbocycles. The van der Waals surface area contributed by atoms with Crippen LogP contribution in [0.3, 0.4) is 0 Å². The minimum absolute atomic E-state index is 0.108. The van der Waals surface area contributed by atoms with Gasteiger partial charge in [0, 0.05) is 28.9 Å². The lowest BCUT2D eigenvalue weighted by atomic mass is 9.63. The Labute approximate surface area is 188 Å². The third-order valence-electron chi connectivity index (χ3n) is 6.46. The number of carbonyl (C=O) groups is 2. The second-order valence-electron chi connectivity index (χ2n) is 9.25. The molecule has 2 aliphatic rings. The summed E-state index contributed by atoms with van der Waals surface area (Å²) in [7, 11) is 0. The first kappa shape index (κ1) is 21.8. The first-order chi connectivity index (χ1) is 14.8. The van der Waals surface area contributed by atoms with Crippen LogP contribution in [0.2, 0.25) is 5.02 Å². The van der Waals surface area contributed by atoms with Gasteiger partial charge in [-0.25, -0.2) is 0 Å². The quantitative estimate of drug-likeness (QED) is 0.680. The molecule has 0 aromatic heterocycles. The van der Waals surface area contributed by atoms with Crippen molar-refractivity contribution in [3.8, 4) is 0 Å². The van der Waals surface area contributed by atoms with Gasteiger partial charge in [0.15, 0.2) is 0 Å². The summed E-state index contributed by atoms with van der Waals surface area (Å²) in [6, 6.07) is 14.6. The lowest BCUT2D eigenvalue weighted by molar-refractivity contribution is -0.132. The van der Waals surface area contributed by atoms with E-state index >= 15 is 0 Å². The van der Waals surface area contributed by atoms with Crippen LogP contribution in [-0.4, -0.2) is 30.1 Å². The molecular formula is C25H29ClN2O3. The minimum Gasteiger partial charge on any atom is -0.375 e. The third kappa shape index (κ3) is 4.78. The van der Waals surface area contributed by atoms with Crippen molar-refractivity contribution >= 4 is 29.1 Å². The number of carbonyl (C=O) groups excluding carboxylic acids is 2. The molecule has 6 heteroatoms. The molecule has 31 heavy (non-hydrogen) atoms. The van der Waals surface area contributed by atoms with E-state index in [1.807, 2.05) is 24.3 Å². The molecule has 1 atom stereocenters. The van der Waals surface area contributed by atoms with Gasteiger partial charge in [0.1, 0.15) is 0 Å². The Morgan fingerprint density at radius 2 is 1.84 bits per heavy atom. The predicted molar refractivity (Wildman–Crippen MR) is 123 cm³/mol. The van der Waals surface area contributed by atoms with Crippen LogP contribution < -0.4 is 10.6 Å². The largest absolute Gasteiger partial charge is 0.375 e. The summed E-state index contributed by atoms with van der Waals surface area (Å²) >= 11 is 5.98. The van der Waals surface area contributed by atoms with Gasteiger partial charge in [-0.05, 0) is 75.4 Å². The van der Waals surface area contributed by atoms with Crippen molar-refractivity contribution in [3.63, 3.8) is 0 Å². The van der Waals surface area contributed by atoms with Gasteiger partial charge in [-0.2, -0.15) is 0 Å². The fourth-order valence-electron chi connectivity index (χ4n) is 4.56. The lowest BCUT2D eigenvalue weighted by Crippen LogP contribution is -2.54. The highest BCUT2D eigenvalue weighted by Gasteiger charge is 2.46. The van der Waals surface area contributed by atoms with Crippen molar-refractivity contribution in [1.29, 1.82) is 0 Å². The van der Waals surface area contributed by atoms with Crippen LogP contribution in [0.4, 0.5) is 5.69 Å². The summed E-state index contributed by atoms with van der Waals surface area (Å²) in [6.45, 7) is 4.81. The first-order valence-electron chi connectivity index (χ1n) is 10.9. The van der Waals surface area contributed by atoms with Crippen molar-refractivity contribution in [2.24, 2.45) is 0 Å². The number of nitrogens with one attached hydrogen (secondary N) is 2. The number of amides is 2. The molecule has 2 amide bonds. The fourth-order valence-corrected chi connectivity index (χ4v) is 4.75. The second-order valence-corrected chi connectivity index (χ2v) is 9.69. The van der Waals surface area contributed by atoms with Crippen LogP contribution in [0.15, 0.2) is 48.5 Å². The Morgan fingerprint density at radius 1 is 1.10 bits per heavy atom. The van der Waals surface area contributed by atoms with Crippen LogP contribution in [0.5, 0.6) is 0 Å². The van der Waals surface area contributed by atoms with E-state index in [0.29, 0.717) is 22.9 Å². The summed E-state index contributed by atoms with van der Waals surface area (Å²) < 4.78 is 5.78. The van der Waals surface area contributed by atoms with Gasteiger partial charge in [0.25, 0.3) is 5.91 Å². The van der Waals surface area contributed by atoms with E-state index in [1.54, 1.807) is 24.3 Å². The molecule has 2 aromatic rings. The molecule has 1 aliphatic heterocycles. The normalized spacial score (nSPS) is 21.6. The van der Waals surface area contributed by atoms with Gasteiger partial charge < -0.3 is 15.4 Å². The van der Waals surface area contributed by atoms with E-state index in [-0.39, 0.29) is 23.5 Å². The van der Waals surface area contributed by atoms with E-state index in [2.05, 4.69) is 24.5 Å². The maximum atomic E-state index is 13.3. The van der Waals surface area contributed by atoms with E-state index in [1.165, 1.54) is 0 Å². The second kappa shape index (κ2) is 8.64. The molecule has 164 valence electrons. The van der Waals surface area contributed by atoms with Gasteiger partial charge in [0.05, 0.1) is 11.0 Å². The molecule has 0 bridgehead atoms. The summed E-state index contributed by atoms with van der Waals surface area (Å²) in [5.74, 6) is -0.106. The van der Waals surface area contributed by atoms with Crippen LogP contribution in [0, 0.1) is 0 Å². The Morgan fingerprint density at radius 3 is 2.45 bits per heavy atom. The maximum absolute atomic E-state index is 13.3. The number of ether oxygens (including phenoxy) is 1. The Kier molecular flexibility index (Phi) is 6.09. The highest BCUT2D eigenvalue weighted by atomic mass is 35.5. The smallest absolute Gasteiger partial charge is 0.255 e. The first-order valence-corrected chi connectivity index (χ1v) is 11.3. The van der Waals surface area contributed by atoms with Crippen molar-refractivity contribution in [2.45, 2.75) is 63.0 Å². The monoisotopic (exact) mass is 440 g/mol. The molecule has 5 nitrogen and oxygen atoms in total. The Bertz CT molecular complexity index is 967. The molecule has 1 saturated heterocycles. The van der Waals surface area contributed by atoms with E-state index in [4.69, 9.17) is 16.3 Å². The van der Waals surface area contributed by atoms with Crippen molar-refractivity contribution in [3.05, 3.63) is 64.7 Å². The molecule has 1 heterocycles. The van der Waals surface area contributed by atoms with Crippen molar-refractivity contribution < 1.29 is 14.3 Å². The van der Waals surface area contributed by atoms with Gasteiger partial charge >= 0.3 is 0 Å². The van der Waals surface area contributed by atoms with Crippen LogP contribution in [0.25, 0.3) is 0 Å². The molecule has 2 N–H and O–H groups in total. The topological polar surface area (TPSA) is 67.4 Å². The standard InChI is InChI=1S/C25H29ClN2O3/c1-24(2)16-21(11-14-31-24)28-23(30)25(12-4-13-25)18-7-9-20(10-8-18)27-22(29)17-5-3-6-19(26)15-17/h3,5-10,15,21H,4,11-14,16H2,1-2H3,(H,27,29)(H,28,30)/t21-/m0/s1. The molecule has 4 rings (SSSR count). The summed E-state index contributed by atoms with van der Waals surface area (Å²) in [4.78, 5) is 25.7. The molecular weight excluding hydrogens is 412 g/mol. The maximum Gasteiger partial charge on any atom is 0.255 e. The van der Waals surface area contributed by atoms with Crippen molar-refractivity contribution in [2.75, 3.05) is 11.9 Å². The Hall–Kier alpha value is -2.37. The Balaban J connectivity index is 1.44. The molecule has 1 saturated carbocycles. The van der Waals surface area contributed by atoms with Gasteiger partial charge in [-0.15, -0.1) is 0 Å². The van der Waals surface area contributed by atoms with Crippen LogP contribution in [0.1, 0.15) is 61.9 Å². The zero-order chi connectivity index (χ0) is 22.1. The zero-order valence-electron chi connectivity index (χ0n) is 18.0. The van der Waals surface area contributed by atoms with E-state index in [9.17, 15) is 9.59 Å². The average Bonchev–Trinajstić information content (AvgIpc) is 2.67. The average molecular weight is 441 g/mol. The number of hydrogen-bond acceptors (Lipinski definition) is 3. The lowest BCUT2D eigenvalue weighted by Gasteiger charge is -2.43. The van der Waals surface area contributed by atoms with Crippen molar-refractivity contribution in [1.82, 2.24) is 5.32 Å². The van der Waals surface area contributed by atoms with Gasteiger partial charge in [0.2, 0.25) is 5.91 Å². The molecule has 0 unspecified atom stereocenters. The highest BCUT2D eigenvalue weighted by Crippen LogP contribution is 2.44. The molecule has 2 fully saturated rings. The highest BCUT2D eigenvalue weighted by molar-refractivity contribution is 6.31. The van der Waals surface area contributed by atoms with Crippen LogP contribution in [-0.2, 0) is 14.9 Å². The minimum atomic E-state index is -0.474. The summed E-state index contributed by atoms with van der Waals surface area (Å²) in [5.41, 5.74) is 1.52. The molecule has 0 spiro atoms. The predicted octanol–water partition coefficient (Wildman–Crippen LogP) is 5.09. The summed E-state index contributed by atoms with van der Waals surface area (Å²) in [5, 5.41) is 6.70. The zero-order valence-corrected chi connectivity index (χ0v) is 18.8. The fraction of sp³-hybridized carbons (Fsp3) is 0.440. The third-order valence-corrected chi connectivity index (χ3v) is 6.69. The summed E-state index contributed by atoms with van der Waals surface area (Å²) in [6.07, 6.45) is 4.41. The van der Waals surface area contributed by atoms with E-state index < -0.39 is 5.41 Å². The van der Waals surface area contributed by atoms with Crippen LogP contribution >= 0.6 is 11.6 Å². The number of halogens is 1. The number of benzene rings is 2. The van der Waals surface area contributed by atoms with E-state index in [0.717, 1.165) is 37.7 Å². The number of rotatable bonds is 5. The number of anilines is 1. The molecule has 0 radical (unpaired) electrons. The SMILES string of the molecule is CC1(C)C[C@@H](NC(=O)C2(c3ccc(NC(=O)c4cccc(Cl)c4)cc3)CCC2)CCO1. The number of hydrogen-bond donors (Lipinski definition) is 2. The van der Waals surface area contributed by atoms with Gasteiger partial charge in [-0.3, -0.25) is 9.59 Å².